The maximum absolute atomic E-state index is 12.0. The molecule has 1 atom stereocenters. The molecule has 2 aromatic rings. The zero-order valence-electron chi connectivity index (χ0n) is 11.4. The smallest absolute Gasteiger partial charge is 0.305 e. The molecule has 1 unspecified atom stereocenters. The van der Waals surface area contributed by atoms with Crippen LogP contribution in [0.4, 0.5) is 5.82 Å². The van der Waals surface area contributed by atoms with Crippen LogP contribution in [-0.4, -0.2) is 55.7 Å². The highest BCUT2D eigenvalue weighted by molar-refractivity contribution is 5.91. The molecule has 1 saturated heterocycles. The quantitative estimate of drug-likeness (QED) is 0.761. The Balaban J connectivity index is 2.06. The van der Waals surface area contributed by atoms with Gasteiger partial charge in [0.05, 0.1) is 6.42 Å². The van der Waals surface area contributed by atoms with E-state index >= 15 is 0 Å². The number of fused-ring (bicyclic) bond motifs is 1. The fourth-order valence-electron chi connectivity index (χ4n) is 2.47. The first-order chi connectivity index (χ1) is 10.1. The molecule has 1 fully saturated rings. The molecule has 1 amide bonds. The fourth-order valence-corrected chi connectivity index (χ4v) is 2.47. The van der Waals surface area contributed by atoms with Gasteiger partial charge in [-0.15, -0.1) is 10.2 Å². The normalized spacial score (nSPS) is 18.8. The summed E-state index contributed by atoms with van der Waals surface area (Å²) >= 11 is 0. The summed E-state index contributed by atoms with van der Waals surface area (Å²) in [5, 5.41) is 19.7. The van der Waals surface area contributed by atoms with E-state index < -0.39 is 12.0 Å². The van der Waals surface area contributed by atoms with Crippen LogP contribution < -0.4 is 10.2 Å². The van der Waals surface area contributed by atoms with Crippen LogP contribution in [0.1, 0.15) is 12.2 Å². The van der Waals surface area contributed by atoms with Crippen molar-refractivity contribution in [1.82, 2.24) is 24.9 Å². The molecule has 0 spiro atoms. The van der Waals surface area contributed by atoms with E-state index in [0.29, 0.717) is 30.4 Å². The Labute approximate surface area is 119 Å². The summed E-state index contributed by atoms with van der Waals surface area (Å²) in [5.41, 5.74) is 0.514. The number of piperazine rings is 1. The number of aliphatic carboxylic acids is 1. The van der Waals surface area contributed by atoms with Crippen molar-refractivity contribution in [2.24, 2.45) is 0 Å². The van der Waals surface area contributed by atoms with Gasteiger partial charge < -0.3 is 15.3 Å². The number of carboxylic acid groups (broad SMARTS) is 1. The zero-order chi connectivity index (χ0) is 15.0. The van der Waals surface area contributed by atoms with E-state index in [4.69, 9.17) is 5.11 Å². The van der Waals surface area contributed by atoms with Gasteiger partial charge in [-0.05, 0) is 6.92 Å². The number of amides is 1. The van der Waals surface area contributed by atoms with Crippen LogP contribution in [0.15, 0.2) is 12.4 Å². The molecule has 0 radical (unpaired) electrons. The predicted molar refractivity (Wildman–Crippen MR) is 71.9 cm³/mol. The van der Waals surface area contributed by atoms with Crippen LogP contribution in [0, 0.1) is 6.92 Å². The monoisotopic (exact) mass is 290 g/mol. The van der Waals surface area contributed by atoms with Crippen molar-refractivity contribution in [3.63, 3.8) is 0 Å². The topological polar surface area (TPSA) is 113 Å². The maximum atomic E-state index is 12.0. The number of hydrogen-bond acceptors (Lipinski definition) is 6. The minimum atomic E-state index is -1.04. The molecule has 21 heavy (non-hydrogen) atoms. The zero-order valence-corrected chi connectivity index (χ0v) is 11.4. The number of carbonyl (C=O) groups is 2. The second kappa shape index (κ2) is 5.00. The molecule has 9 nitrogen and oxygen atoms in total. The number of rotatable bonds is 3. The van der Waals surface area contributed by atoms with E-state index in [1.807, 2.05) is 0 Å². The van der Waals surface area contributed by atoms with Crippen LogP contribution in [0.5, 0.6) is 0 Å². The van der Waals surface area contributed by atoms with Gasteiger partial charge in [0, 0.05) is 25.5 Å². The number of nitrogens with one attached hydrogen (secondary N) is 1. The fraction of sp³-hybridized carbons (Fsp3) is 0.417. The molecule has 3 rings (SSSR count). The molecule has 9 heteroatoms. The molecule has 0 aromatic carbocycles. The molecule has 0 aliphatic carbocycles. The van der Waals surface area contributed by atoms with Crippen LogP contribution >= 0.6 is 0 Å². The second-order valence-corrected chi connectivity index (χ2v) is 4.79. The number of hydrogen-bond donors (Lipinski definition) is 2. The lowest BCUT2D eigenvalue weighted by Crippen LogP contribution is -2.56. The summed E-state index contributed by atoms with van der Waals surface area (Å²) < 4.78 is 1.76. The highest BCUT2D eigenvalue weighted by atomic mass is 16.4. The van der Waals surface area contributed by atoms with Crippen molar-refractivity contribution in [2.75, 3.05) is 18.0 Å². The Morgan fingerprint density at radius 3 is 3.10 bits per heavy atom. The lowest BCUT2D eigenvalue weighted by Gasteiger charge is -2.34. The standard InChI is InChI=1S/C12H14N6O3/c1-7-15-16-11-10(13-2-4-17(7)11)18-5-3-14-12(21)8(18)6-9(19)20/h2,4,8H,3,5-6H2,1H3,(H,14,21)(H,19,20). The number of carboxylic acids is 1. The van der Waals surface area contributed by atoms with Gasteiger partial charge in [0.1, 0.15) is 11.9 Å². The Morgan fingerprint density at radius 1 is 1.52 bits per heavy atom. The van der Waals surface area contributed by atoms with Gasteiger partial charge >= 0.3 is 5.97 Å². The van der Waals surface area contributed by atoms with Crippen LogP contribution in [0.25, 0.3) is 5.65 Å². The summed E-state index contributed by atoms with van der Waals surface area (Å²) in [5.74, 6) is -0.181. The Kier molecular flexibility index (Phi) is 3.16. The molecule has 2 aromatic heterocycles. The average molecular weight is 290 g/mol. The summed E-state index contributed by atoms with van der Waals surface area (Å²) in [6, 6.07) is -0.799. The Bertz CT molecular complexity index is 712. The molecular formula is C12H14N6O3. The largest absolute Gasteiger partial charge is 0.481 e. The van der Waals surface area contributed by atoms with Crippen molar-refractivity contribution in [1.29, 1.82) is 0 Å². The molecule has 110 valence electrons. The lowest BCUT2D eigenvalue weighted by molar-refractivity contribution is -0.139. The van der Waals surface area contributed by atoms with Gasteiger partial charge in [-0.25, -0.2) is 4.98 Å². The van der Waals surface area contributed by atoms with Crippen molar-refractivity contribution in [2.45, 2.75) is 19.4 Å². The third-order valence-electron chi connectivity index (χ3n) is 3.45. The van der Waals surface area contributed by atoms with Crippen LogP contribution in [0.3, 0.4) is 0 Å². The van der Waals surface area contributed by atoms with Crippen molar-refractivity contribution < 1.29 is 14.7 Å². The third-order valence-corrected chi connectivity index (χ3v) is 3.45. The molecule has 0 bridgehead atoms. The number of aromatic nitrogens is 4. The summed E-state index contributed by atoms with van der Waals surface area (Å²) in [7, 11) is 0. The first kappa shape index (κ1) is 13.3. The Hall–Kier alpha value is -2.71. The third kappa shape index (κ3) is 2.26. The van der Waals surface area contributed by atoms with Gasteiger partial charge in [-0.2, -0.15) is 0 Å². The predicted octanol–water partition coefficient (Wildman–Crippen LogP) is -0.788. The van der Waals surface area contributed by atoms with E-state index in [1.54, 1.807) is 28.6 Å². The van der Waals surface area contributed by atoms with Crippen molar-refractivity contribution in [3.05, 3.63) is 18.2 Å². The van der Waals surface area contributed by atoms with Gasteiger partial charge in [0.15, 0.2) is 5.82 Å². The Morgan fingerprint density at radius 2 is 2.33 bits per heavy atom. The van der Waals surface area contributed by atoms with Gasteiger partial charge in [-0.1, -0.05) is 0 Å². The maximum Gasteiger partial charge on any atom is 0.305 e. The first-order valence-electron chi connectivity index (χ1n) is 6.50. The van der Waals surface area contributed by atoms with Crippen LogP contribution in [0.2, 0.25) is 0 Å². The second-order valence-electron chi connectivity index (χ2n) is 4.79. The minimum Gasteiger partial charge on any atom is -0.481 e. The SMILES string of the molecule is Cc1nnc2c(N3CCNC(=O)C3CC(=O)O)nccn12. The summed E-state index contributed by atoms with van der Waals surface area (Å²) in [4.78, 5) is 28.9. The molecular weight excluding hydrogens is 276 g/mol. The number of anilines is 1. The van der Waals surface area contributed by atoms with Crippen molar-refractivity contribution >= 4 is 23.3 Å². The molecule has 0 saturated carbocycles. The summed E-state index contributed by atoms with van der Waals surface area (Å²) in [6.07, 6.45) is 3.02. The number of carbonyl (C=O) groups excluding carboxylic acids is 1. The van der Waals surface area contributed by atoms with E-state index in [9.17, 15) is 9.59 Å². The number of nitrogens with zero attached hydrogens (tertiary/aromatic N) is 5. The molecule has 3 heterocycles. The van der Waals surface area contributed by atoms with E-state index in [-0.39, 0.29) is 12.3 Å². The molecule has 1 aliphatic heterocycles. The minimum absolute atomic E-state index is 0.290. The van der Waals surface area contributed by atoms with E-state index in [1.165, 1.54) is 0 Å². The highest BCUT2D eigenvalue weighted by Gasteiger charge is 2.34. The van der Waals surface area contributed by atoms with E-state index in [2.05, 4.69) is 20.5 Å². The summed E-state index contributed by atoms with van der Waals surface area (Å²) in [6.45, 7) is 2.72. The van der Waals surface area contributed by atoms with Crippen molar-refractivity contribution in [3.8, 4) is 0 Å². The molecule has 2 N–H and O–H groups in total. The van der Waals surface area contributed by atoms with Gasteiger partial charge in [0.2, 0.25) is 11.6 Å². The highest BCUT2D eigenvalue weighted by Crippen LogP contribution is 2.22. The van der Waals surface area contributed by atoms with Gasteiger partial charge in [-0.3, -0.25) is 14.0 Å². The first-order valence-corrected chi connectivity index (χ1v) is 6.50. The van der Waals surface area contributed by atoms with Crippen LogP contribution in [-0.2, 0) is 9.59 Å². The van der Waals surface area contributed by atoms with Gasteiger partial charge in [0.25, 0.3) is 0 Å². The van der Waals surface area contributed by atoms with E-state index in [0.717, 1.165) is 0 Å². The average Bonchev–Trinajstić information content (AvgIpc) is 2.83. The molecule has 1 aliphatic rings. The number of aryl methyl sites for hydroxylation is 1. The lowest BCUT2D eigenvalue weighted by atomic mass is 10.1.